The lowest BCUT2D eigenvalue weighted by molar-refractivity contribution is -0.122. The van der Waals surface area contributed by atoms with E-state index in [9.17, 15) is 9.59 Å². The van der Waals surface area contributed by atoms with Crippen LogP contribution in [0.1, 0.15) is 23.0 Å². The van der Waals surface area contributed by atoms with Gasteiger partial charge in [-0.1, -0.05) is 29.8 Å². The van der Waals surface area contributed by atoms with E-state index in [4.69, 9.17) is 11.6 Å². The molecule has 2 aromatic heterocycles. The molecule has 2 heterocycles. The van der Waals surface area contributed by atoms with Crippen LogP contribution in [0, 0.1) is 0 Å². The van der Waals surface area contributed by atoms with E-state index in [0.717, 1.165) is 5.65 Å². The molecule has 0 fully saturated rings. The van der Waals surface area contributed by atoms with Crippen molar-refractivity contribution in [3.8, 4) is 0 Å². The Bertz CT molecular complexity index is 908. The largest absolute Gasteiger partial charge is 0.349 e. The third-order valence-electron chi connectivity index (χ3n) is 3.69. The van der Waals surface area contributed by atoms with Crippen molar-refractivity contribution < 1.29 is 9.59 Å². The van der Waals surface area contributed by atoms with Gasteiger partial charge in [-0.05, 0) is 31.2 Å². The first-order chi connectivity index (χ1) is 12.0. The second kappa shape index (κ2) is 7.36. The summed E-state index contributed by atoms with van der Waals surface area (Å²) in [5.41, 5.74) is 1.97. The molecule has 0 saturated heterocycles. The van der Waals surface area contributed by atoms with Gasteiger partial charge < -0.3 is 15.0 Å². The summed E-state index contributed by atoms with van der Waals surface area (Å²) in [4.78, 5) is 28.6. The number of benzene rings is 1. The van der Waals surface area contributed by atoms with Gasteiger partial charge in [0.25, 0.3) is 5.91 Å². The Balaban J connectivity index is 1.56. The molecule has 3 aromatic rings. The highest BCUT2D eigenvalue weighted by Crippen LogP contribution is 2.11. The molecule has 0 bridgehead atoms. The van der Waals surface area contributed by atoms with Gasteiger partial charge in [-0.25, -0.2) is 4.98 Å². The van der Waals surface area contributed by atoms with Crippen molar-refractivity contribution in [3.63, 3.8) is 0 Å². The van der Waals surface area contributed by atoms with E-state index in [1.54, 1.807) is 60.1 Å². The number of halogens is 1. The number of hydrogen-bond donors (Lipinski definition) is 2. The summed E-state index contributed by atoms with van der Waals surface area (Å²) < 4.78 is 1.80. The lowest BCUT2D eigenvalue weighted by Crippen LogP contribution is -2.44. The fourth-order valence-corrected chi connectivity index (χ4v) is 2.54. The van der Waals surface area contributed by atoms with Crippen LogP contribution in [0.3, 0.4) is 0 Å². The van der Waals surface area contributed by atoms with Gasteiger partial charge in [-0.3, -0.25) is 9.59 Å². The third-order valence-corrected chi connectivity index (χ3v) is 3.91. The zero-order valence-electron chi connectivity index (χ0n) is 13.6. The Hall–Kier alpha value is -2.86. The lowest BCUT2D eigenvalue weighted by atomic mass is 10.2. The number of pyridine rings is 1. The summed E-state index contributed by atoms with van der Waals surface area (Å²) in [5, 5.41) is 6.05. The molecule has 0 aliphatic heterocycles. The number of fused-ring (bicyclic) bond motifs is 1. The summed E-state index contributed by atoms with van der Waals surface area (Å²) in [6.45, 7) is 1.91. The van der Waals surface area contributed by atoms with Gasteiger partial charge in [0, 0.05) is 18.0 Å². The molecule has 6 nitrogen and oxygen atoms in total. The Morgan fingerprint density at radius 3 is 2.68 bits per heavy atom. The fourth-order valence-electron chi connectivity index (χ4n) is 2.37. The van der Waals surface area contributed by atoms with Crippen molar-refractivity contribution in [2.24, 2.45) is 0 Å². The SMILES string of the molecule is CC(NC(=O)c1ccccc1)C(=O)NCc1cn2cc(Cl)ccc2n1. The van der Waals surface area contributed by atoms with Crippen molar-refractivity contribution in [2.45, 2.75) is 19.5 Å². The number of carbonyl (C=O) groups excluding carboxylic acids is 2. The molecular weight excluding hydrogens is 340 g/mol. The molecule has 1 atom stereocenters. The molecule has 1 unspecified atom stereocenters. The van der Waals surface area contributed by atoms with E-state index < -0.39 is 6.04 Å². The summed E-state index contributed by atoms with van der Waals surface area (Å²) in [6, 6.07) is 11.7. The average molecular weight is 357 g/mol. The maximum atomic E-state index is 12.2. The van der Waals surface area contributed by atoms with E-state index in [2.05, 4.69) is 15.6 Å². The van der Waals surface area contributed by atoms with Crippen LogP contribution in [0.5, 0.6) is 0 Å². The maximum absolute atomic E-state index is 12.2. The number of imidazole rings is 1. The molecule has 2 amide bonds. The van der Waals surface area contributed by atoms with Gasteiger partial charge in [-0.15, -0.1) is 0 Å². The van der Waals surface area contributed by atoms with Crippen LogP contribution in [0.15, 0.2) is 54.9 Å². The van der Waals surface area contributed by atoms with Gasteiger partial charge in [-0.2, -0.15) is 0 Å². The zero-order valence-corrected chi connectivity index (χ0v) is 14.3. The third kappa shape index (κ3) is 4.16. The monoisotopic (exact) mass is 356 g/mol. The number of amides is 2. The zero-order chi connectivity index (χ0) is 17.8. The normalized spacial score (nSPS) is 11.9. The molecular formula is C18H17ClN4O2. The van der Waals surface area contributed by atoms with Gasteiger partial charge in [0.05, 0.1) is 17.3 Å². The van der Waals surface area contributed by atoms with Crippen LogP contribution in [-0.2, 0) is 11.3 Å². The minimum absolute atomic E-state index is 0.268. The molecule has 0 saturated carbocycles. The molecule has 0 spiro atoms. The number of hydrogen-bond acceptors (Lipinski definition) is 3. The molecule has 3 rings (SSSR count). The smallest absolute Gasteiger partial charge is 0.251 e. The molecule has 1 aromatic carbocycles. The van der Waals surface area contributed by atoms with Gasteiger partial charge in [0.2, 0.25) is 5.91 Å². The van der Waals surface area contributed by atoms with Crippen LogP contribution < -0.4 is 10.6 Å². The number of carbonyl (C=O) groups is 2. The van der Waals surface area contributed by atoms with Crippen LogP contribution in [0.25, 0.3) is 5.65 Å². The molecule has 25 heavy (non-hydrogen) atoms. The number of rotatable bonds is 5. The van der Waals surface area contributed by atoms with Crippen molar-refractivity contribution in [2.75, 3.05) is 0 Å². The number of nitrogens with one attached hydrogen (secondary N) is 2. The average Bonchev–Trinajstić information content (AvgIpc) is 3.02. The van der Waals surface area contributed by atoms with Gasteiger partial charge >= 0.3 is 0 Å². The molecule has 2 N–H and O–H groups in total. The molecule has 0 radical (unpaired) electrons. The van der Waals surface area contributed by atoms with Crippen molar-refractivity contribution >= 4 is 29.1 Å². The Labute approximate surface area is 149 Å². The summed E-state index contributed by atoms with van der Waals surface area (Å²) in [6.07, 6.45) is 3.55. The van der Waals surface area contributed by atoms with Crippen molar-refractivity contribution in [1.82, 2.24) is 20.0 Å². The van der Waals surface area contributed by atoms with Crippen LogP contribution in [-0.4, -0.2) is 27.2 Å². The van der Waals surface area contributed by atoms with Crippen LogP contribution in [0.2, 0.25) is 5.02 Å². The summed E-state index contributed by atoms with van der Waals surface area (Å²) in [7, 11) is 0. The van der Waals surface area contributed by atoms with E-state index in [0.29, 0.717) is 16.3 Å². The topological polar surface area (TPSA) is 75.5 Å². The maximum Gasteiger partial charge on any atom is 0.251 e. The number of nitrogens with zero attached hydrogens (tertiary/aromatic N) is 2. The van der Waals surface area contributed by atoms with E-state index in [1.165, 1.54) is 0 Å². The minimum atomic E-state index is -0.654. The van der Waals surface area contributed by atoms with Crippen molar-refractivity contribution in [3.05, 3.63) is 71.1 Å². The highest BCUT2D eigenvalue weighted by molar-refractivity contribution is 6.30. The summed E-state index contributed by atoms with van der Waals surface area (Å²) >= 11 is 5.94. The highest BCUT2D eigenvalue weighted by atomic mass is 35.5. The Morgan fingerprint density at radius 2 is 1.92 bits per heavy atom. The minimum Gasteiger partial charge on any atom is -0.349 e. The van der Waals surface area contributed by atoms with Gasteiger partial charge in [0.15, 0.2) is 0 Å². The second-order valence-corrected chi connectivity index (χ2v) is 6.06. The first-order valence-corrected chi connectivity index (χ1v) is 8.17. The standard InChI is InChI=1S/C18H17ClN4O2/c1-12(21-18(25)13-5-3-2-4-6-13)17(24)20-9-15-11-23-10-14(19)7-8-16(23)22-15/h2-8,10-12H,9H2,1H3,(H,20,24)(H,21,25). The Kier molecular flexibility index (Phi) is 5.00. The van der Waals surface area contributed by atoms with E-state index >= 15 is 0 Å². The molecule has 7 heteroatoms. The van der Waals surface area contributed by atoms with Gasteiger partial charge in [0.1, 0.15) is 11.7 Å². The molecule has 0 aliphatic carbocycles. The predicted octanol–water partition coefficient (Wildman–Crippen LogP) is 2.42. The highest BCUT2D eigenvalue weighted by Gasteiger charge is 2.16. The Morgan fingerprint density at radius 1 is 1.16 bits per heavy atom. The van der Waals surface area contributed by atoms with Crippen LogP contribution in [0.4, 0.5) is 0 Å². The summed E-state index contributed by atoms with van der Waals surface area (Å²) in [5.74, 6) is -0.565. The van der Waals surface area contributed by atoms with Crippen LogP contribution >= 0.6 is 11.6 Å². The van der Waals surface area contributed by atoms with E-state index in [1.807, 2.05) is 6.07 Å². The molecule has 128 valence electrons. The lowest BCUT2D eigenvalue weighted by Gasteiger charge is -2.13. The first kappa shape index (κ1) is 17.0. The second-order valence-electron chi connectivity index (χ2n) is 5.62. The first-order valence-electron chi connectivity index (χ1n) is 7.79. The quantitative estimate of drug-likeness (QED) is 0.737. The number of aromatic nitrogens is 2. The molecule has 0 aliphatic rings. The van der Waals surface area contributed by atoms with E-state index in [-0.39, 0.29) is 18.4 Å². The predicted molar refractivity (Wildman–Crippen MR) is 95.4 cm³/mol. The fraction of sp³-hybridized carbons (Fsp3) is 0.167. The van der Waals surface area contributed by atoms with Crippen molar-refractivity contribution in [1.29, 1.82) is 0 Å².